The molecule has 0 spiro atoms. The first-order valence-corrected chi connectivity index (χ1v) is 13.4. The zero-order valence-corrected chi connectivity index (χ0v) is 21.4. The summed E-state index contributed by atoms with van der Waals surface area (Å²) in [4.78, 5) is 15.1. The average molecular weight is 487 g/mol. The predicted octanol–water partition coefficient (Wildman–Crippen LogP) is 2.53. The molecule has 1 N–H and O–H groups in total. The Labute approximate surface area is 197 Å². The van der Waals surface area contributed by atoms with Gasteiger partial charge in [-0.3, -0.25) is 15.0 Å². The highest BCUT2D eigenvalue weighted by atomic mass is 32.2. The summed E-state index contributed by atoms with van der Waals surface area (Å²) in [6, 6.07) is 1.78. The number of amides is 1. The number of piperidine rings is 1. The first-order chi connectivity index (χ1) is 15.3. The van der Waals surface area contributed by atoms with Gasteiger partial charge in [-0.15, -0.1) is 0 Å². The van der Waals surface area contributed by atoms with Gasteiger partial charge in [0.1, 0.15) is 11.3 Å². The molecule has 1 amide bonds. The van der Waals surface area contributed by atoms with Gasteiger partial charge in [0, 0.05) is 31.8 Å². The molecule has 0 aromatic carbocycles. The summed E-state index contributed by atoms with van der Waals surface area (Å²) in [7, 11) is -1.29. The van der Waals surface area contributed by atoms with Gasteiger partial charge in [-0.1, -0.05) is 5.16 Å². The Balaban J connectivity index is 1.59. The molecule has 10 nitrogen and oxygen atoms in total. The lowest BCUT2D eigenvalue weighted by Gasteiger charge is -2.43. The molecule has 0 radical (unpaired) electrons. The maximum absolute atomic E-state index is 13.1. The third kappa shape index (κ3) is 6.33. The smallest absolute Gasteiger partial charge is 0.246 e. The molecule has 0 aliphatic carbocycles. The number of nitrogens with zero attached hydrogens (tertiary/aromatic N) is 3. The van der Waals surface area contributed by atoms with E-state index < -0.39 is 21.2 Å². The van der Waals surface area contributed by atoms with Crippen molar-refractivity contribution in [3.63, 3.8) is 0 Å². The van der Waals surface area contributed by atoms with Gasteiger partial charge in [-0.05, 0) is 66.8 Å². The van der Waals surface area contributed by atoms with Crippen molar-refractivity contribution < 1.29 is 27.2 Å². The van der Waals surface area contributed by atoms with Crippen molar-refractivity contribution in [2.45, 2.75) is 83.3 Å². The SMILES string of the molecule is CN(C1CCN(S(C)(=O)=O)CC1)C(C)(C)C(=O)Nc1cc(C(C)(C)OC2CCCCO2)no1. The van der Waals surface area contributed by atoms with E-state index in [2.05, 4.69) is 10.5 Å². The number of aromatic nitrogens is 1. The summed E-state index contributed by atoms with van der Waals surface area (Å²) in [5.74, 6) is 0.0252. The number of hydrogen-bond donors (Lipinski definition) is 1. The Hall–Kier alpha value is -1.53. The summed E-state index contributed by atoms with van der Waals surface area (Å²) in [6.07, 6.45) is 5.25. The highest BCUT2D eigenvalue weighted by Crippen LogP contribution is 2.31. The van der Waals surface area contributed by atoms with Gasteiger partial charge in [-0.2, -0.15) is 0 Å². The standard InChI is InChI=1S/C22H38N4O6S/c1-21(2,25(5)16-10-12-26(13-11-16)33(6,28)29)20(27)23-18-15-17(24-32-18)22(3,4)31-19-9-7-8-14-30-19/h15-16,19H,7-14H2,1-6H3,(H,23,27). The highest BCUT2D eigenvalue weighted by Gasteiger charge is 2.39. The van der Waals surface area contributed by atoms with E-state index in [1.54, 1.807) is 6.07 Å². The fourth-order valence-corrected chi connectivity index (χ4v) is 5.13. The fraction of sp³-hybridized carbons (Fsp3) is 0.818. The maximum Gasteiger partial charge on any atom is 0.246 e. The molecule has 3 heterocycles. The lowest BCUT2D eigenvalue weighted by Crippen LogP contribution is -2.57. The third-order valence-electron chi connectivity index (χ3n) is 6.81. The topological polar surface area (TPSA) is 114 Å². The first kappa shape index (κ1) is 26.1. The van der Waals surface area contributed by atoms with Gasteiger partial charge in [0.05, 0.1) is 11.8 Å². The van der Waals surface area contributed by atoms with E-state index >= 15 is 0 Å². The van der Waals surface area contributed by atoms with Crippen LogP contribution in [0.3, 0.4) is 0 Å². The number of likely N-dealkylation sites (N-methyl/N-ethyl adjacent to an activating group) is 1. The number of hydrogen-bond acceptors (Lipinski definition) is 8. The van der Waals surface area contributed by atoms with Crippen molar-refractivity contribution in [1.82, 2.24) is 14.4 Å². The fourth-order valence-electron chi connectivity index (χ4n) is 4.25. The molecule has 1 unspecified atom stereocenters. The first-order valence-electron chi connectivity index (χ1n) is 11.6. The van der Waals surface area contributed by atoms with Crippen LogP contribution in [0, 0.1) is 0 Å². The van der Waals surface area contributed by atoms with Crippen molar-refractivity contribution in [3.8, 4) is 0 Å². The summed E-state index contributed by atoms with van der Waals surface area (Å²) in [5.41, 5.74) is -0.993. The lowest BCUT2D eigenvalue weighted by atomic mass is 9.95. The quantitative estimate of drug-likeness (QED) is 0.596. The third-order valence-corrected chi connectivity index (χ3v) is 8.11. The Kier molecular flexibility index (Phi) is 7.89. The van der Waals surface area contributed by atoms with E-state index in [1.165, 1.54) is 10.6 Å². The Morgan fingerprint density at radius 1 is 1.21 bits per heavy atom. The number of carbonyl (C=O) groups excluding carboxylic acids is 1. The van der Waals surface area contributed by atoms with Gasteiger partial charge >= 0.3 is 0 Å². The minimum Gasteiger partial charge on any atom is -0.353 e. The largest absolute Gasteiger partial charge is 0.353 e. The molecule has 2 saturated heterocycles. The zero-order valence-electron chi connectivity index (χ0n) is 20.6. The van der Waals surface area contributed by atoms with E-state index in [9.17, 15) is 13.2 Å². The van der Waals surface area contributed by atoms with E-state index in [0.717, 1.165) is 19.3 Å². The molecule has 33 heavy (non-hydrogen) atoms. The molecule has 0 saturated carbocycles. The van der Waals surface area contributed by atoms with Crippen LogP contribution in [0.5, 0.6) is 0 Å². The molecule has 1 aromatic heterocycles. The van der Waals surface area contributed by atoms with Crippen LogP contribution in [-0.4, -0.2) is 79.6 Å². The number of rotatable bonds is 8. The zero-order chi connectivity index (χ0) is 24.4. The van der Waals surface area contributed by atoms with E-state index in [0.29, 0.717) is 38.2 Å². The number of carbonyl (C=O) groups is 1. The van der Waals surface area contributed by atoms with Gasteiger partial charge in [0.25, 0.3) is 0 Å². The van der Waals surface area contributed by atoms with Crippen LogP contribution >= 0.6 is 0 Å². The van der Waals surface area contributed by atoms with E-state index in [4.69, 9.17) is 14.0 Å². The molecule has 3 rings (SSSR count). The minimum atomic E-state index is -3.19. The van der Waals surface area contributed by atoms with Crippen LogP contribution in [0.25, 0.3) is 0 Å². The summed E-state index contributed by atoms with van der Waals surface area (Å²) in [5, 5.41) is 6.94. The number of ether oxygens (including phenoxy) is 2. The molecule has 2 aliphatic rings. The van der Waals surface area contributed by atoms with Crippen molar-refractivity contribution in [3.05, 3.63) is 11.8 Å². The second kappa shape index (κ2) is 9.99. The van der Waals surface area contributed by atoms with Crippen molar-refractivity contribution in [2.24, 2.45) is 0 Å². The molecule has 1 atom stereocenters. The molecule has 2 aliphatic heterocycles. The maximum atomic E-state index is 13.1. The highest BCUT2D eigenvalue weighted by molar-refractivity contribution is 7.88. The van der Waals surface area contributed by atoms with Crippen molar-refractivity contribution >= 4 is 21.8 Å². The van der Waals surface area contributed by atoms with Crippen LogP contribution in [0.1, 0.15) is 65.5 Å². The molecule has 0 bridgehead atoms. The van der Waals surface area contributed by atoms with Crippen LogP contribution in [0.4, 0.5) is 5.88 Å². The van der Waals surface area contributed by atoms with Crippen molar-refractivity contribution in [2.75, 3.05) is 38.3 Å². The monoisotopic (exact) mass is 486 g/mol. The molecule has 11 heteroatoms. The molecule has 1 aromatic rings. The van der Waals surface area contributed by atoms with Crippen molar-refractivity contribution in [1.29, 1.82) is 0 Å². The second-order valence-electron chi connectivity index (χ2n) is 10.0. The molecule has 188 valence electrons. The molecule has 2 fully saturated rings. The Morgan fingerprint density at radius 2 is 1.88 bits per heavy atom. The Morgan fingerprint density at radius 3 is 2.45 bits per heavy atom. The lowest BCUT2D eigenvalue weighted by molar-refractivity contribution is -0.220. The normalized spacial score (nSPS) is 22.0. The van der Waals surface area contributed by atoms with Gasteiger partial charge < -0.3 is 14.0 Å². The van der Waals surface area contributed by atoms with Crippen LogP contribution in [-0.2, 0) is 29.9 Å². The minimum absolute atomic E-state index is 0.0943. The van der Waals surface area contributed by atoms with E-state index in [-0.39, 0.29) is 24.1 Å². The van der Waals surface area contributed by atoms with Gasteiger partial charge in [0.2, 0.25) is 21.8 Å². The molecular weight excluding hydrogens is 448 g/mol. The summed E-state index contributed by atoms with van der Waals surface area (Å²) < 4.78 is 42.2. The second-order valence-corrected chi connectivity index (χ2v) is 12.0. The van der Waals surface area contributed by atoms with Gasteiger partial charge in [-0.25, -0.2) is 12.7 Å². The van der Waals surface area contributed by atoms with E-state index in [1.807, 2.05) is 39.6 Å². The number of nitrogens with one attached hydrogen (secondary N) is 1. The predicted molar refractivity (Wildman–Crippen MR) is 124 cm³/mol. The Bertz CT molecular complexity index is 915. The molecular formula is C22H38N4O6S. The number of anilines is 1. The van der Waals surface area contributed by atoms with Crippen LogP contribution < -0.4 is 5.32 Å². The van der Waals surface area contributed by atoms with Crippen LogP contribution in [0.15, 0.2) is 10.6 Å². The average Bonchev–Trinajstić information content (AvgIpc) is 3.22. The van der Waals surface area contributed by atoms with Gasteiger partial charge in [0.15, 0.2) is 6.29 Å². The van der Waals surface area contributed by atoms with Crippen LogP contribution in [0.2, 0.25) is 0 Å². The number of sulfonamides is 1. The summed E-state index contributed by atoms with van der Waals surface area (Å²) >= 11 is 0. The summed E-state index contributed by atoms with van der Waals surface area (Å²) in [6.45, 7) is 9.08.